The zero-order valence-electron chi connectivity index (χ0n) is 9.81. The Labute approximate surface area is 104 Å². The Morgan fingerprint density at radius 1 is 1.39 bits per heavy atom. The zero-order chi connectivity index (χ0) is 13.0. The topological polar surface area (TPSA) is 61.6 Å². The lowest BCUT2D eigenvalue weighted by Crippen LogP contribution is -2.02. The Kier molecular flexibility index (Phi) is 3.49. The molecule has 0 saturated heterocycles. The van der Waals surface area contributed by atoms with Crippen LogP contribution in [0, 0.1) is 17.1 Å². The second-order valence-electron chi connectivity index (χ2n) is 3.64. The Balaban J connectivity index is 2.45. The standard InChI is InChI=1S/C13H11FN4/c1-2-16-13-17-4-3-12(18-13)10-5-9(8-15)6-11(14)7-10/h3-7H,2H2,1H3,(H,16,17,18). The average Bonchev–Trinajstić information content (AvgIpc) is 2.39. The van der Waals surface area contributed by atoms with Gasteiger partial charge in [-0.05, 0) is 31.2 Å². The van der Waals surface area contributed by atoms with Gasteiger partial charge in [0, 0.05) is 18.3 Å². The van der Waals surface area contributed by atoms with Gasteiger partial charge in [0.1, 0.15) is 5.82 Å². The summed E-state index contributed by atoms with van der Waals surface area (Å²) in [5.41, 5.74) is 1.42. The van der Waals surface area contributed by atoms with E-state index in [1.54, 1.807) is 18.3 Å². The van der Waals surface area contributed by atoms with Crippen LogP contribution in [0.3, 0.4) is 0 Å². The molecule has 18 heavy (non-hydrogen) atoms. The minimum atomic E-state index is -0.451. The lowest BCUT2D eigenvalue weighted by Gasteiger charge is -2.05. The smallest absolute Gasteiger partial charge is 0.223 e. The van der Waals surface area contributed by atoms with Gasteiger partial charge in [-0.3, -0.25) is 0 Å². The van der Waals surface area contributed by atoms with Crippen LogP contribution in [0.2, 0.25) is 0 Å². The van der Waals surface area contributed by atoms with Crippen molar-refractivity contribution in [2.75, 3.05) is 11.9 Å². The van der Waals surface area contributed by atoms with Gasteiger partial charge in [0.05, 0.1) is 17.3 Å². The van der Waals surface area contributed by atoms with Crippen LogP contribution in [0.15, 0.2) is 30.5 Å². The molecule has 5 heteroatoms. The van der Waals surface area contributed by atoms with E-state index < -0.39 is 5.82 Å². The molecule has 90 valence electrons. The number of aromatic nitrogens is 2. The summed E-state index contributed by atoms with van der Waals surface area (Å²) in [6, 6.07) is 7.73. The molecular weight excluding hydrogens is 231 g/mol. The van der Waals surface area contributed by atoms with Gasteiger partial charge in [-0.1, -0.05) is 0 Å². The van der Waals surface area contributed by atoms with E-state index >= 15 is 0 Å². The SMILES string of the molecule is CCNc1nccc(-c2cc(F)cc(C#N)c2)n1. The number of hydrogen-bond acceptors (Lipinski definition) is 4. The van der Waals surface area contributed by atoms with E-state index in [0.717, 1.165) is 0 Å². The van der Waals surface area contributed by atoms with Crippen molar-refractivity contribution >= 4 is 5.95 Å². The van der Waals surface area contributed by atoms with Gasteiger partial charge in [-0.2, -0.15) is 5.26 Å². The number of nitrogens with zero attached hydrogens (tertiary/aromatic N) is 3. The zero-order valence-corrected chi connectivity index (χ0v) is 9.81. The first-order chi connectivity index (χ1) is 8.72. The summed E-state index contributed by atoms with van der Waals surface area (Å²) in [6.45, 7) is 2.64. The highest BCUT2D eigenvalue weighted by atomic mass is 19.1. The molecule has 2 aromatic rings. The van der Waals surface area contributed by atoms with Gasteiger partial charge in [0.2, 0.25) is 5.95 Å². The molecule has 0 spiro atoms. The van der Waals surface area contributed by atoms with E-state index in [-0.39, 0.29) is 5.56 Å². The third kappa shape index (κ3) is 2.61. The summed E-state index contributed by atoms with van der Waals surface area (Å²) >= 11 is 0. The number of hydrogen-bond donors (Lipinski definition) is 1. The molecule has 0 bridgehead atoms. The van der Waals surface area contributed by atoms with E-state index in [9.17, 15) is 4.39 Å². The Morgan fingerprint density at radius 2 is 2.22 bits per heavy atom. The molecule has 1 N–H and O–H groups in total. The van der Waals surface area contributed by atoms with E-state index in [1.807, 2.05) is 13.0 Å². The summed E-state index contributed by atoms with van der Waals surface area (Å²) in [5, 5.41) is 11.8. The van der Waals surface area contributed by atoms with Crippen LogP contribution >= 0.6 is 0 Å². The van der Waals surface area contributed by atoms with Gasteiger partial charge in [-0.15, -0.1) is 0 Å². The van der Waals surface area contributed by atoms with Crippen LogP contribution in [0.1, 0.15) is 12.5 Å². The van der Waals surface area contributed by atoms with Crippen molar-refractivity contribution < 1.29 is 4.39 Å². The second kappa shape index (κ2) is 5.23. The molecule has 1 heterocycles. The number of benzene rings is 1. The van der Waals surface area contributed by atoms with Gasteiger partial charge in [-0.25, -0.2) is 14.4 Å². The molecule has 0 saturated carbocycles. The maximum atomic E-state index is 13.3. The fourth-order valence-electron chi connectivity index (χ4n) is 1.56. The fourth-order valence-corrected chi connectivity index (χ4v) is 1.56. The van der Waals surface area contributed by atoms with Crippen molar-refractivity contribution in [3.8, 4) is 17.3 Å². The molecule has 4 nitrogen and oxygen atoms in total. The highest BCUT2D eigenvalue weighted by molar-refractivity contribution is 5.62. The Hall–Kier alpha value is -2.48. The summed E-state index contributed by atoms with van der Waals surface area (Å²) in [5.74, 6) is 0.0328. The fraction of sp³-hybridized carbons (Fsp3) is 0.154. The average molecular weight is 242 g/mol. The highest BCUT2D eigenvalue weighted by Crippen LogP contribution is 2.20. The molecule has 0 atom stereocenters. The van der Waals surface area contributed by atoms with E-state index in [2.05, 4.69) is 15.3 Å². The number of rotatable bonds is 3. The first-order valence-corrected chi connectivity index (χ1v) is 5.51. The quantitative estimate of drug-likeness (QED) is 0.898. The molecule has 0 unspecified atom stereocenters. The summed E-state index contributed by atoms with van der Waals surface area (Å²) in [7, 11) is 0. The van der Waals surface area contributed by atoms with Crippen molar-refractivity contribution in [1.82, 2.24) is 9.97 Å². The Bertz CT molecular complexity index is 604. The van der Waals surface area contributed by atoms with Crippen molar-refractivity contribution in [2.24, 2.45) is 0 Å². The first-order valence-electron chi connectivity index (χ1n) is 5.51. The van der Waals surface area contributed by atoms with Crippen LogP contribution in [-0.2, 0) is 0 Å². The van der Waals surface area contributed by atoms with Gasteiger partial charge in [0.25, 0.3) is 0 Å². The van der Waals surface area contributed by atoms with Crippen molar-refractivity contribution in [1.29, 1.82) is 5.26 Å². The van der Waals surface area contributed by atoms with Gasteiger partial charge < -0.3 is 5.32 Å². The third-order valence-corrected chi connectivity index (χ3v) is 2.31. The minimum Gasteiger partial charge on any atom is -0.354 e. The maximum Gasteiger partial charge on any atom is 0.223 e. The number of anilines is 1. The van der Waals surface area contributed by atoms with Crippen LogP contribution in [0.5, 0.6) is 0 Å². The van der Waals surface area contributed by atoms with E-state index in [1.165, 1.54) is 12.1 Å². The predicted octanol–water partition coefficient (Wildman–Crippen LogP) is 2.59. The second-order valence-corrected chi connectivity index (χ2v) is 3.64. The summed E-state index contributed by atoms with van der Waals surface area (Å²) < 4.78 is 13.3. The third-order valence-electron chi connectivity index (χ3n) is 2.31. The molecule has 0 radical (unpaired) electrons. The minimum absolute atomic E-state index is 0.272. The molecule has 0 aliphatic rings. The number of nitriles is 1. The summed E-state index contributed by atoms with van der Waals surface area (Å²) in [6.07, 6.45) is 1.59. The highest BCUT2D eigenvalue weighted by Gasteiger charge is 2.05. The first kappa shape index (κ1) is 12.0. The number of halogens is 1. The molecule has 0 amide bonds. The van der Waals surface area contributed by atoms with Gasteiger partial charge in [0.15, 0.2) is 0 Å². The lowest BCUT2D eigenvalue weighted by molar-refractivity contribution is 0.628. The van der Waals surface area contributed by atoms with Crippen LogP contribution in [-0.4, -0.2) is 16.5 Å². The van der Waals surface area contributed by atoms with Crippen LogP contribution in [0.4, 0.5) is 10.3 Å². The van der Waals surface area contributed by atoms with Crippen molar-refractivity contribution in [2.45, 2.75) is 6.92 Å². The molecule has 1 aromatic carbocycles. The van der Waals surface area contributed by atoms with Crippen LogP contribution < -0.4 is 5.32 Å². The predicted molar refractivity (Wildman–Crippen MR) is 66.3 cm³/mol. The normalized spacial score (nSPS) is 9.83. The number of nitrogens with one attached hydrogen (secondary N) is 1. The summed E-state index contributed by atoms with van der Waals surface area (Å²) in [4.78, 5) is 8.29. The van der Waals surface area contributed by atoms with Crippen molar-refractivity contribution in [3.05, 3.63) is 41.8 Å². The van der Waals surface area contributed by atoms with E-state index in [4.69, 9.17) is 5.26 Å². The molecule has 0 aliphatic carbocycles. The molecule has 0 fully saturated rings. The molecule has 1 aromatic heterocycles. The lowest BCUT2D eigenvalue weighted by atomic mass is 10.1. The monoisotopic (exact) mass is 242 g/mol. The maximum absolute atomic E-state index is 13.3. The Morgan fingerprint density at radius 3 is 2.94 bits per heavy atom. The molecule has 0 aliphatic heterocycles. The molecular formula is C13H11FN4. The van der Waals surface area contributed by atoms with Crippen molar-refractivity contribution in [3.63, 3.8) is 0 Å². The van der Waals surface area contributed by atoms with E-state index in [0.29, 0.717) is 23.8 Å². The van der Waals surface area contributed by atoms with Crippen LogP contribution in [0.25, 0.3) is 11.3 Å². The largest absolute Gasteiger partial charge is 0.354 e. The molecule has 2 rings (SSSR count). The van der Waals surface area contributed by atoms with Gasteiger partial charge >= 0.3 is 0 Å².